The van der Waals surface area contributed by atoms with Gasteiger partial charge >= 0.3 is 0 Å². The van der Waals surface area contributed by atoms with E-state index in [0.29, 0.717) is 0 Å². The van der Waals surface area contributed by atoms with E-state index >= 15 is 0 Å². The van der Waals surface area contributed by atoms with E-state index in [1.807, 2.05) is 0 Å². The maximum absolute atomic E-state index is 12.2. The van der Waals surface area contributed by atoms with Gasteiger partial charge in [0.25, 0.3) is 10.0 Å². The summed E-state index contributed by atoms with van der Waals surface area (Å²) >= 11 is 12.4. The van der Waals surface area contributed by atoms with E-state index in [1.165, 1.54) is 12.3 Å². The van der Waals surface area contributed by atoms with E-state index in [9.17, 15) is 8.42 Å². The molecule has 0 spiro atoms. The zero-order valence-corrected chi connectivity index (χ0v) is 12.6. The molecule has 0 radical (unpaired) electrons. The van der Waals surface area contributed by atoms with Gasteiger partial charge in [0.05, 0.1) is 16.1 Å². The molecule has 0 aliphatic carbocycles. The number of nitrogens with two attached hydrogens (primary N) is 1. The van der Waals surface area contributed by atoms with Crippen LogP contribution in [0.1, 0.15) is 5.56 Å². The Morgan fingerprint density at radius 2 is 2.25 bits per heavy atom. The van der Waals surface area contributed by atoms with Gasteiger partial charge in [-0.15, -0.1) is 11.3 Å². The molecule has 2 rings (SSSR count). The Hall–Kier alpha value is -1.49. The number of H-pyrrole nitrogens is 1. The molecule has 2 aromatic heterocycles. The molecule has 0 atom stereocenters. The Bertz CT molecular complexity index is 767. The van der Waals surface area contributed by atoms with Crippen LogP contribution in [-0.4, -0.2) is 29.7 Å². The molecule has 0 fully saturated rings. The third-order valence-corrected chi connectivity index (χ3v) is 5.28. The Morgan fingerprint density at radius 1 is 1.55 bits per heavy atom. The summed E-state index contributed by atoms with van der Waals surface area (Å²) in [4.78, 5) is -0.172. The SMILES string of the molecule is NC(=NO)c1cn[nH]c1NS(=O)(=O)c1cc(Cl)sc1Cl. The van der Waals surface area contributed by atoms with Crippen LogP contribution < -0.4 is 10.5 Å². The lowest BCUT2D eigenvalue weighted by Crippen LogP contribution is -2.18. The molecule has 0 aliphatic rings. The zero-order chi connectivity index (χ0) is 14.9. The summed E-state index contributed by atoms with van der Waals surface area (Å²) in [7, 11) is -3.98. The van der Waals surface area contributed by atoms with Crippen molar-refractivity contribution in [3.05, 3.63) is 26.5 Å². The van der Waals surface area contributed by atoms with E-state index in [4.69, 9.17) is 34.1 Å². The van der Waals surface area contributed by atoms with Gasteiger partial charge in [-0.2, -0.15) is 5.10 Å². The van der Waals surface area contributed by atoms with Gasteiger partial charge in [0.1, 0.15) is 15.0 Å². The fraction of sp³-hybridized carbons (Fsp3) is 0. The molecule has 20 heavy (non-hydrogen) atoms. The number of rotatable bonds is 4. The average molecular weight is 356 g/mol. The van der Waals surface area contributed by atoms with Crippen molar-refractivity contribution in [1.29, 1.82) is 0 Å². The first-order valence-electron chi connectivity index (χ1n) is 4.84. The van der Waals surface area contributed by atoms with Crippen molar-refractivity contribution >= 4 is 56.2 Å². The molecule has 12 heteroatoms. The number of nitrogens with zero attached hydrogens (tertiary/aromatic N) is 2. The van der Waals surface area contributed by atoms with Gasteiger partial charge in [0, 0.05) is 0 Å². The molecule has 108 valence electrons. The third kappa shape index (κ3) is 2.82. The van der Waals surface area contributed by atoms with Crippen LogP contribution in [0.5, 0.6) is 0 Å². The molecule has 0 unspecified atom stereocenters. The average Bonchev–Trinajstić information content (AvgIpc) is 2.94. The number of aromatic nitrogens is 2. The highest BCUT2D eigenvalue weighted by Crippen LogP contribution is 2.35. The predicted molar refractivity (Wildman–Crippen MR) is 76.2 cm³/mol. The number of oxime groups is 1. The lowest BCUT2D eigenvalue weighted by atomic mass is 10.3. The molecule has 5 N–H and O–H groups in total. The summed E-state index contributed by atoms with van der Waals surface area (Å²) in [6.45, 7) is 0. The van der Waals surface area contributed by atoms with Gasteiger partial charge in [-0.05, 0) is 6.07 Å². The highest BCUT2D eigenvalue weighted by atomic mass is 35.5. The number of thiophene rings is 1. The van der Waals surface area contributed by atoms with Crippen molar-refractivity contribution in [2.75, 3.05) is 4.72 Å². The second-order valence-corrected chi connectivity index (χ2v) is 7.37. The van der Waals surface area contributed by atoms with Gasteiger partial charge in [-0.3, -0.25) is 9.82 Å². The Morgan fingerprint density at radius 3 is 2.80 bits per heavy atom. The lowest BCUT2D eigenvalue weighted by molar-refractivity contribution is 0.318. The summed E-state index contributed by atoms with van der Waals surface area (Å²) in [6, 6.07) is 1.22. The number of hydrogen-bond acceptors (Lipinski definition) is 6. The molecule has 0 saturated heterocycles. The van der Waals surface area contributed by atoms with E-state index in [1.54, 1.807) is 0 Å². The number of sulfonamides is 1. The van der Waals surface area contributed by atoms with E-state index < -0.39 is 10.0 Å². The molecule has 0 bridgehead atoms. The second kappa shape index (κ2) is 5.48. The molecule has 0 saturated carbocycles. The summed E-state index contributed by atoms with van der Waals surface area (Å²) in [5, 5.41) is 17.4. The number of anilines is 1. The Balaban J connectivity index is 2.39. The molecular weight excluding hydrogens is 349 g/mol. The standard InChI is InChI=1S/C8H7Cl2N5O3S2/c9-5-1-4(6(10)19-5)20(17,18)15-8-3(2-12-13-8)7(11)14-16/h1-2,16H,(H2,11,14)(H2,12,13,15). The number of halogens is 2. The van der Waals surface area contributed by atoms with Crippen LogP contribution in [0.25, 0.3) is 0 Å². The van der Waals surface area contributed by atoms with Crippen LogP contribution in [0.2, 0.25) is 8.67 Å². The van der Waals surface area contributed by atoms with Gasteiger partial charge < -0.3 is 10.9 Å². The predicted octanol–water partition coefficient (Wildman–Crippen LogP) is 1.67. The topological polar surface area (TPSA) is 133 Å². The summed E-state index contributed by atoms with van der Waals surface area (Å²) in [6.07, 6.45) is 1.20. The van der Waals surface area contributed by atoms with Crippen LogP contribution >= 0.6 is 34.5 Å². The Kier molecular flexibility index (Phi) is 4.09. The van der Waals surface area contributed by atoms with Crippen molar-refractivity contribution < 1.29 is 13.6 Å². The first kappa shape index (κ1) is 14.9. The normalized spacial score (nSPS) is 12.6. The molecule has 2 aromatic rings. The fourth-order valence-corrected chi connectivity index (χ4v) is 4.50. The largest absolute Gasteiger partial charge is 0.409 e. The van der Waals surface area contributed by atoms with Crippen molar-refractivity contribution in [3.63, 3.8) is 0 Å². The summed E-state index contributed by atoms with van der Waals surface area (Å²) in [5.41, 5.74) is 5.48. The quantitative estimate of drug-likeness (QED) is 0.286. The molecule has 2 heterocycles. The lowest BCUT2D eigenvalue weighted by Gasteiger charge is -2.06. The van der Waals surface area contributed by atoms with E-state index in [-0.39, 0.29) is 30.8 Å². The van der Waals surface area contributed by atoms with Crippen molar-refractivity contribution in [1.82, 2.24) is 10.2 Å². The highest BCUT2D eigenvalue weighted by Gasteiger charge is 2.23. The van der Waals surface area contributed by atoms with Crippen LogP contribution in [0.4, 0.5) is 5.82 Å². The second-order valence-electron chi connectivity index (χ2n) is 3.44. The van der Waals surface area contributed by atoms with Crippen LogP contribution in [0, 0.1) is 0 Å². The smallest absolute Gasteiger partial charge is 0.265 e. The maximum Gasteiger partial charge on any atom is 0.265 e. The summed E-state index contributed by atoms with van der Waals surface area (Å²) < 4.78 is 26.8. The number of amidine groups is 1. The van der Waals surface area contributed by atoms with Crippen molar-refractivity contribution in [2.24, 2.45) is 10.9 Å². The van der Waals surface area contributed by atoms with Gasteiger partial charge in [0.2, 0.25) is 0 Å². The molecule has 0 aromatic carbocycles. The third-order valence-electron chi connectivity index (χ3n) is 2.17. The van der Waals surface area contributed by atoms with Gasteiger partial charge in [-0.25, -0.2) is 8.42 Å². The molecule has 8 nitrogen and oxygen atoms in total. The minimum atomic E-state index is -3.98. The van der Waals surface area contributed by atoms with Gasteiger partial charge in [0.15, 0.2) is 5.84 Å². The van der Waals surface area contributed by atoms with Crippen LogP contribution in [0.3, 0.4) is 0 Å². The monoisotopic (exact) mass is 355 g/mol. The van der Waals surface area contributed by atoms with Crippen molar-refractivity contribution in [2.45, 2.75) is 4.90 Å². The fourth-order valence-electron chi connectivity index (χ4n) is 1.31. The first-order valence-corrected chi connectivity index (χ1v) is 7.89. The number of aromatic amines is 1. The highest BCUT2D eigenvalue weighted by molar-refractivity contribution is 7.93. The molecule has 0 aliphatic heterocycles. The summed E-state index contributed by atoms with van der Waals surface area (Å²) in [5.74, 6) is -0.357. The van der Waals surface area contributed by atoms with E-state index in [2.05, 4.69) is 20.1 Å². The van der Waals surface area contributed by atoms with E-state index in [0.717, 1.165) is 11.3 Å². The first-order chi connectivity index (χ1) is 9.35. The Labute approximate surface area is 127 Å². The minimum absolute atomic E-state index is 0.0207. The van der Waals surface area contributed by atoms with Crippen LogP contribution in [0.15, 0.2) is 22.3 Å². The zero-order valence-electron chi connectivity index (χ0n) is 9.46. The van der Waals surface area contributed by atoms with Crippen LogP contribution in [-0.2, 0) is 10.0 Å². The number of hydrogen-bond donors (Lipinski definition) is 4. The minimum Gasteiger partial charge on any atom is -0.409 e. The number of nitrogens with one attached hydrogen (secondary N) is 2. The molecular formula is C8H7Cl2N5O3S2. The maximum atomic E-state index is 12.2. The van der Waals surface area contributed by atoms with Gasteiger partial charge in [-0.1, -0.05) is 28.4 Å². The molecule has 0 amide bonds. The van der Waals surface area contributed by atoms with Crippen molar-refractivity contribution in [3.8, 4) is 0 Å².